The molecule has 35 heavy (non-hydrogen) atoms. The number of piperazine rings is 1. The predicted octanol–water partition coefficient (Wildman–Crippen LogP) is 2.24. The number of hydrogen-bond acceptors (Lipinski definition) is 8. The first-order chi connectivity index (χ1) is 17.0. The van der Waals surface area contributed by atoms with Gasteiger partial charge in [0.05, 0.1) is 18.6 Å². The number of methoxy groups -OCH3 is 1. The van der Waals surface area contributed by atoms with Crippen molar-refractivity contribution in [3.8, 4) is 5.75 Å². The molecular formula is C24H25FN6O3S. The SMILES string of the molecule is COc1ccc(N2C=CN3C(SCC(=O)N4CCN(c5ccccc5F)CC4)=NNC3C2=O)cc1. The van der Waals surface area contributed by atoms with E-state index in [1.165, 1.54) is 17.8 Å². The molecule has 1 atom stereocenters. The standard InChI is InChI=1S/C24H25FN6O3S/c1-34-18-8-6-17(7-9-18)30-14-15-31-22(23(30)33)26-27-24(31)35-16-21(32)29-12-10-28(11-13-29)20-5-3-2-4-19(20)25/h2-9,14-15,22,26H,10-13,16H2,1H3. The zero-order chi connectivity index (χ0) is 24.4. The number of ether oxygens (including phenoxy) is 1. The van der Waals surface area contributed by atoms with Crippen LogP contribution < -0.4 is 20.0 Å². The lowest BCUT2D eigenvalue weighted by molar-refractivity contribution is -0.128. The van der Waals surface area contributed by atoms with E-state index in [2.05, 4.69) is 10.5 Å². The van der Waals surface area contributed by atoms with Crippen LogP contribution in [0.2, 0.25) is 0 Å². The second kappa shape index (κ2) is 9.87. The number of amidine groups is 1. The van der Waals surface area contributed by atoms with Gasteiger partial charge in [0, 0.05) is 44.3 Å². The highest BCUT2D eigenvalue weighted by Gasteiger charge is 2.38. The summed E-state index contributed by atoms with van der Waals surface area (Å²) >= 11 is 1.29. The van der Waals surface area contributed by atoms with Gasteiger partial charge in [-0.2, -0.15) is 5.10 Å². The molecule has 0 aliphatic carbocycles. The number of carbonyl (C=O) groups excluding carboxylic acids is 2. The topological polar surface area (TPSA) is 80.7 Å². The van der Waals surface area contributed by atoms with Gasteiger partial charge in [-0.05, 0) is 36.4 Å². The second-order valence-corrected chi connectivity index (χ2v) is 9.09. The minimum atomic E-state index is -0.663. The van der Waals surface area contributed by atoms with Gasteiger partial charge in [0.1, 0.15) is 11.6 Å². The van der Waals surface area contributed by atoms with Crippen molar-refractivity contribution in [1.29, 1.82) is 0 Å². The molecule has 3 aliphatic rings. The molecule has 1 saturated heterocycles. The zero-order valence-electron chi connectivity index (χ0n) is 19.1. The van der Waals surface area contributed by atoms with Gasteiger partial charge in [0.25, 0.3) is 5.91 Å². The summed E-state index contributed by atoms with van der Waals surface area (Å²) < 4.78 is 19.2. The van der Waals surface area contributed by atoms with Crippen molar-refractivity contribution in [2.45, 2.75) is 6.17 Å². The number of anilines is 2. The van der Waals surface area contributed by atoms with Gasteiger partial charge in [-0.25, -0.2) is 4.39 Å². The van der Waals surface area contributed by atoms with E-state index in [0.717, 1.165) is 5.69 Å². The molecule has 3 heterocycles. The predicted molar refractivity (Wildman–Crippen MR) is 133 cm³/mol. The molecule has 9 nitrogen and oxygen atoms in total. The van der Waals surface area contributed by atoms with Gasteiger partial charge < -0.3 is 14.5 Å². The molecule has 0 aromatic heterocycles. The van der Waals surface area contributed by atoms with Crippen LogP contribution in [0.15, 0.2) is 66.0 Å². The number of nitrogens with zero attached hydrogens (tertiary/aromatic N) is 5. The molecule has 182 valence electrons. The number of halogens is 1. The highest BCUT2D eigenvalue weighted by atomic mass is 32.2. The molecule has 2 amide bonds. The average molecular weight is 497 g/mol. The largest absolute Gasteiger partial charge is 0.497 e. The molecule has 2 aromatic rings. The van der Waals surface area contributed by atoms with Crippen molar-refractivity contribution in [3.63, 3.8) is 0 Å². The van der Waals surface area contributed by atoms with E-state index in [0.29, 0.717) is 42.8 Å². The van der Waals surface area contributed by atoms with Gasteiger partial charge in [0.15, 0.2) is 5.17 Å². The Balaban J connectivity index is 1.14. The number of nitrogens with one attached hydrogen (secondary N) is 1. The number of benzene rings is 2. The molecule has 0 saturated carbocycles. The maximum Gasteiger partial charge on any atom is 0.276 e. The Hall–Kier alpha value is -3.73. The Kier molecular flexibility index (Phi) is 6.49. The van der Waals surface area contributed by atoms with E-state index in [1.54, 1.807) is 58.5 Å². The Morgan fingerprint density at radius 2 is 1.86 bits per heavy atom. The molecule has 0 radical (unpaired) electrons. The van der Waals surface area contributed by atoms with Crippen molar-refractivity contribution >= 4 is 40.1 Å². The van der Waals surface area contributed by atoms with E-state index in [4.69, 9.17) is 4.74 Å². The number of carbonyl (C=O) groups is 2. The Morgan fingerprint density at radius 1 is 1.11 bits per heavy atom. The first kappa shape index (κ1) is 23.0. The van der Waals surface area contributed by atoms with E-state index in [9.17, 15) is 14.0 Å². The second-order valence-electron chi connectivity index (χ2n) is 8.15. The first-order valence-corrected chi connectivity index (χ1v) is 12.2. The number of thioether (sulfide) groups is 1. The van der Waals surface area contributed by atoms with E-state index in [-0.39, 0.29) is 23.4 Å². The minimum Gasteiger partial charge on any atom is -0.497 e. The lowest BCUT2D eigenvalue weighted by Gasteiger charge is -2.36. The number of amides is 2. The van der Waals surface area contributed by atoms with Crippen molar-refractivity contribution < 1.29 is 18.7 Å². The third-order valence-corrected chi connectivity index (χ3v) is 7.08. The van der Waals surface area contributed by atoms with Crippen LogP contribution in [0.1, 0.15) is 0 Å². The fraction of sp³-hybridized carbons (Fsp3) is 0.292. The van der Waals surface area contributed by atoms with Crippen LogP contribution >= 0.6 is 11.8 Å². The van der Waals surface area contributed by atoms with Gasteiger partial charge >= 0.3 is 0 Å². The van der Waals surface area contributed by atoms with Gasteiger partial charge in [0.2, 0.25) is 12.1 Å². The van der Waals surface area contributed by atoms with Crippen LogP contribution in [0.4, 0.5) is 15.8 Å². The summed E-state index contributed by atoms with van der Waals surface area (Å²) in [7, 11) is 1.59. The Morgan fingerprint density at radius 3 is 2.57 bits per heavy atom. The lowest BCUT2D eigenvalue weighted by atomic mass is 10.2. The Bertz CT molecular complexity index is 1170. The van der Waals surface area contributed by atoms with Crippen LogP contribution in [0, 0.1) is 5.82 Å². The quantitative estimate of drug-likeness (QED) is 0.680. The monoisotopic (exact) mass is 496 g/mol. The van der Waals surface area contributed by atoms with Gasteiger partial charge in [-0.3, -0.25) is 24.8 Å². The number of para-hydroxylation sites is 1. The van der Waals surface area contributed by atoms with Crippen LogP contribution in [0.5, 0.6) is 5.75 Å². The summed E-state index contributed by atoms with van der Waals surface area (Å²) in [6, 6.07) is 13.9. The molecule has 3 aliphatic heterocycles. The van der Waals surface area contributed by atoms with Crippen molar-refractivity contribution in [2.75, 3.05) is 48.8 Å². The number of fused-ring (bicyclic) bond motifs is 1. The van der Waals surface area contributed by atoms with Crippen molar-refractivity contribution in [2.24, 2.45) is 5.10 Å². The Labute approximate surface area is 206 Å². The molecule has 1 unspecified atom stereocenters. The number of hydrogen-bond donors (Lipinski definition) is 1. The maximum absolute atomic E-state index is 14.1. The fourth-order valence-corrected chi connectivity index (χ4v) is 5.07. The molecule has 5 rings (SSSR count). The third-order valence-electron chi connectivity index (χ3n) is 6.13. The molecule has 0 bridgehead atoms. The molecule has 11 heteroatoms. The van der Waals surface area contributed by atoms with Crippen LogP contribution in [-0.4, -0.2) is 72.0 Å². The van der Waals surface area contributed by atoms with Crippen molar-refractivity contribution in [1.82, 2.24) is 15.2 Å². The minimum absolute atomic E-state index is 0.0125. The van der Waals surface area contributed by atoms with Crippen LogP contribution in [-0.2, 0) is 9.59 Å². The van der Waals surface area contributed by atoms with Gasteiger partial charge in [-0.15, -0.1) is 0 Å². The first-order valence-electron chi connectivity index (χ1n) is 11.2. The molecule has 1 fully saturated rings. The smallest absolute Gasteiger partial charge is 0.276 e. The summed E-state index contributed by atoms with van der Waals surface area (Å²) in [5.74, 6) is 0.476. The summed E-state index contributed by atoms with van der Waals surface area (Å²) in [6.07, 6.45) is 2.80. The molecule has 1 N–H and O–H groups in total. The van der Waals surface area contributed by atoms with Crippen LogP contribution in [0.25, 0.3) is 0 Å². The molecule has 0 spiro atoms. The van der Waals surface area contributed by atoms with E-state index < -0.39 is 6.17 Å². The zero-order valence-corrected chi connectivity index (χ0v) is 19.9. The average Bonchev–Trinajstić information content (AvgIpc) is 3.32. The summed E-state index contributed by atoms with van der Waals surface area (Å²) in [5, 5.41) is 4.84. The maximum atomic E-state index is 14.1. The highest BCUT2D eigenvalue weighted by Crippen LogP contribution is 2.27. The summed E-state index contributed by atoms with van der Waals surface area (Å²) in [4.78, 5) is 32.8. The van der Waals surface area contributed by atoms with Crippen molar-refractivity contribution in [3.05, 3.63) is 66.7 Å². The van der Waals surface area contributed by atoms with Gasteiger partial charge in [-0.1, -0.05) is 23.9 Å². The van der Waals surface area contributed by atoms with Crippen LogP contribution in [0.3, 0.4) is 0 Å². The normalized spacial score (nSPS) is 19.4. The highest BCUT2D eigenvalue weighted by molar-refractivity contribution is 8.14. The fourth-order valence-electron chi connectivity index (χ4n) is 4.20. The summed E-state index contributed by atoms with van der Waals surface area (Å²) in [5.41, 5.74) is 4.16. The number of hydrazone groups is 1. The lowest BCUT2D eigenvalue weighted by Crippen LogP contribution is -2.52. The van der Waals surface area contributed by atoms with E-state index in [1.807, 2.05) is 23.1 Å². The molecule has 2 aromatic carbocycles. The molecular weight excluding hydrogens is 471 g/mol. The third kappa shape index (κ3) is 4.63. The van der Waals surface area contributed by atoms with E-state index >= 15 is 0 Å². The number of rotatable bonds is 5. The summed E-state index contributed by atoms with van der Waals surface area (Å²) in [6.45, 7) is 2.21.